The number of amides is 3. The number of hydrogen-bond acceptors (Lipinski definition) is 5. The smallest absolute Gasteiger partial charge is 0.314 e. The Morgan fingerprint density at radius 1 is 1.08 bits per heavy atom. The van der Waals surface area contributed by atoms with E-state index in [1.54, 1.807) is 14.0 Å². The van der Waals surface area contributed by atoms with Gasteiger partial charge in [0.25, 0.3) is 5.91 Å². The molecule has 8 nitrogen and oxygen atoms in total. The molecule has 0 saturated carbocycles. The highest BCUT2D eigenvalue weighted by Crippen LogP contribution is 2.33. The second-order valence-electron chi connectivity index (χ2n) is 8.22. The van der Waals surface area contributed by atoms with Crippen LogP contribution < -0.4 is 20.7 Å². The maximum Gasteiger partial charge on any atom is 0.314 e. The summed E-state index contributed by atoms with van der Waals surface area (Å²) in [7, 11) is 3.04. The predicted octanol–water partition coefficient (Wildman–Crippen LogP) is 3.95. The zero-order chi connectivity index (χ0) is 27.3. The van der Waals surface area contributed by atoms with Gasteiger partial charge in [-0.05, 0) is 31.5 Å². The zero-order valence-corrected chi connectivity index (χ0v) is 21.2. The summed E-state index contributed by atoms with van der Waals surface area (Å²) < 4.78 is 47.4. The van der Waals surface area contributed by atoms with Crippen LogP contribution in [0.2, 0.25) is 5.02 Å². The molecule has 1 fully saturated rings. The average molecular weight is 538 g/mol. The molecule has 0 aliphatic carbocycles. The number of carbonyl (C=O) groups excluding carboxylic acids is 2. The average Bonchev–Trinajstić information content (AvgIpc) is 2.85. The fourth-order valence-corrected chi connectivity index (χ4v) is 4.31. The quantitative estimate of drug-likeness (QED) is 0.401. The lowest BCUT2D eigenvalue weighted by Crippen LogP contribution is -2.48. The first-order chi connectivity index (χ1) is 17.6. The van der Waals surface area contributed by atoms with Crippen molar-refractivity contribution in [1.82, 2.24) is 20.9 Å². The van der Waals surface area contributed by atoms with Crippen LogP contribution in [0.25, 0.3) is 5.70 Å². The third kappa shape index (κ3) is 6.34. The van der Waals surface area contributed by atoms with E-state index in [0.29, 0.717) is 11.3 Å². The molecule has 3 amide bonds. The van der Waals surface area contributed by atoms with Gasteiger partial charge in [0.2, 0.25) is 0 Å². The number of likely N-dealkylation sites (tertiary alicyclic amines) is 1. The minimum atomic E-state index is -0.751. The van der Waals surface area contributed by atoms with Crippen molar-refractivity contribution in [3.8, 4) is 5.75 Å². The third-order valence-electron chi connectivity index (χ3n) is 5.88. The SMILES string of the molecule is CNC(=O)NCCOc1cc(F)cc(C(=O)N2CC/C(=C(/NC)c3cc(F)cc(F)c3)C(=N)[C@H]2C)c1Cl. The number of ether oxygens (including phenoxy) is 1. The summed E-state index contributed by atoms with van der Waals surface area (Å²) in [5.41, 5.74) is 1.06. The maximum atomic E-state index is 14.4. The van der Waals surface area contributed by atoms with E-state index in [1.165, 1.54) is 11.9 Å². The molecule has 2 aromatic rings. The van der Waals surface area contributed by atoms with Crippen LogP contribution in [0.4, 0.5) is 18.0 Å². The molecule has 37 heavy (non-hydrogen) atoms. The Hall–Kier alpha value is -3.73. The highest BCUT2D eigenvalue weighted by molar-refractivity contribution is 6.35. The molecule has 1 saturated heterocycles. The summed E-state index contributed by atoms with van der Waals surface area (Å²) in [5, 5.41) is 16.4. The highest BCUT2D eigenvalue weighted by Gasteiger charge is 2.34. The standard InChI is InChI=1S/C25H27ClF3N5O3/c1-13-22(30)18(23(31-2)14-8-15(27)10-16(28)9-14)4-6-34(13)24(35)19-11-17(29)12-20(21(19)26)37-7-5-33-25(36)32-3/h8-13,30-31H,4-7H2,1-3H3,(H2,32,33,36)/b23-18-,30-22?/t13-/m1/s1. The molecule has 0 spiro atoms. The fourth-order valence-electron chi connectivity index (χ4n) is 4.07. The summed E-state index contributed by atoms with van der Waals surface area (Å²) in [5.74, 6) is -2.91. The molecule has 12 heteroatoms. The van der Waals surface area contributed by atoms with Crippen molar-refractivity contribution in [2.45, 2.75) is 19.4 Å². The molecule has 1 aliphatic rings. The van der Waals surface area contributed by atoms with Crippen LogP contribution in [0, 0.1) is 22.9 Å². The number of piperidine rings is 1. The van der Waals surface area contributed by atoms with E-state index >= 15 is 0 Å². The van der Waals surface area contributed by atoms with Crippen molar-refractivity contribution in [2.24, 2.45) is 0 Å². The van der Waals surface area contributed by atoms with Crippen LogP contribution in [-0.4, -0.2) is 62.4 Å². The van der Waals surface area contributed by atoms with E-state index in [0.717, 1.165) is 30.3 Å². The van der Waals surface area contributed by atoms with Crippen LogP contribution in [0.3, 0.4) is 0 Å². The monoisotopic (exact) mass is 537 g/mol. The third-order valence-corrected chi connectivity index (χ3v) is 6.27. The van der Waals surface area contributed by atoms with Gasteiger partial charge in [-0.25, -0.2) is 18.0 Å². The number of hydrogen-bond donors (Lipinski definition) is 4. The van der Waals surface area contributed by atoms with Crippen molar-refractivity contribution in [3.05, 3.63) is 69.5 Å². The number of rotatable bonds is 7. The number of nitrogens with one attached hydrogen (secondary N) is 4. The zero-order valence-electron chi connectivity index (χ0n) is 20.5. The number of nitrogens with zero attached hydrogens (tertiary/aromatic N) is 1. The van der Waals surface area contributed by atoms with Crippen molar-refractivity contribution in [2.75, 3.05) is 33.8 Å². The largest absolute Gasteiger partial charge is 0.490 e. The summed E-state index contributed by atoms with van der Waals surface area (Å²) in [4.78, 5) is 26.0. The van der Waals surface area contributed by atoms with E-state index < -0.39 is 35.4 Å². The van der Waals surface area contributed by atoms with E-state index in [4.69, 9.17) is 21.7 Å². The molecule has 1 aliphatic heterocycles. The molecule has 0 bridgehead atoms. The number of halogens is 4. The van der Waals surface area contributed by atoms with Crippen molar-refractivity contribution in [3.63, 3.8) is 0 Å². The minimum Gasteiger partial charge on any atom is -0.490 e. The molecule has 1 atom stereocenters. The van der Waals surface area contributed by atoms with Gasteiger partial charge in [0.05, 0.1) is 28.9 Å². The predicted molar refractivity (Wildman–Crippen MR) is 135 cm³/mol. The molecule has 0 unspecified atom stereocenters. The summed E-state index contributed by atoms with van der Waals surface area (Å²) in [6.07, 6.45) is 0.213. The van der Waals surface area contributed by atoms with Gasteiger partial charge >= 0.3 is 6.03 Å². The lowest BCUT2D eigenvalue weighted by molar-refractivity contribution is 0.0727. The minimum absolute atomic E-state index is 0.0173. The maximum absolute atomic E-state index is 14.4. The molecule has 2 aromatic carbocycles. The molecular formula is C25H27ClF3N5O3. The van der Waals surface area contributed by atoms with E-state index in [2.05, 4.69) is 16.0 Å². The first kappa shape index (κ1) is 27.9. The number of benzene rings is 2. The molecule has 0 radical (unpaired) electrons. The van der Waals surface area contributed by atoms with E-state index in [1.807, 2.05) is 0 Å². The highest BCUT2D eigenvalue weighted by atomic mass is 35.5. The van der Waals surface area contributed by atoms with Gasteiger partial charge in [-0.1, -0.05) is 11.6 Å². The first-order valence-corrected chi connectivity index (χ1v) is 11.8. The van der Waals surface area contributed by atoms with Crippen LogP contribution in [0.15, 0.2) is 35.9 Å². The Labute approximate surface area is 217 Å². The Balaban J connectivity index is 1.83. The molecule has 3 rings (SSSR count). The first-order valence-electron chi connectivity index (χ1n) is 11.4. The van der Waals surface area contributed by atoms with Crippen LogP contribution in [-0.2, 0) is 0 Å². The fraction of sp³-hybridized carbons (Fsp3) is 0.320. The van der Waals surface area contributed by atoms with Gasteiger partial charge in [-0.2, -0.15) is 0 Å². The Morgan fingerprint density at radius 2 is 1.73 bits per heavy atom. The van der Waals surface area contributed by atoms with Gasteiger partial charge in [0.15, 0.2) is 0 Å². The van der Waals surface area contributed by atoms with Crippen LogP contribution >= 0.6 is 11.6 Å². The van der Waals surface area contributed by atoms with Crippen LogP contribution in [0.1, 0.15) is 29.3 Å². The van der Waals surface area contributed by atoms with Crippen molar-refractivity contribution >= 4 is 34.9 Å². The van der Waals surface area contributed by atoms with Gasteiger partial charge in [-0.15, -0.1) is 0 Å². The Kier molecular flexibility index (Phi) is 9.04. The second-order valence-corrected chi connectivity index (χ2v) is 8.60. The van der Waals surface area contributed by atoms with Crippen molar-refractivity contribution in [1.29, 1.82) is 5.41 Å². The number of carbonyl (C=O) groups is 2. The van der Waals surface area contributed by atoms with Gasteiger partial charge in [0.1, 0.15) is 29.8 Å². The number of urea groups is 1. The van der Waals surface area contributed by atoms with Crippen molar-refractivity contribution < 1.29 is 27.5 Å². The summed E-state index contributed by atoms with van der Waals surface area (Å²) in [6, 6.07) is 3.97. The van der Waals surface area contributed by atoms with Crippen LogP contribution in [0.5, 0.6) is 5.75 Å². The van der Waals surface area contributed by atoms with Gasteiger partial charge in [-0.3, -0.25) is 4.79 Å². The summed E-state index contributed by atoms with van der Waals surface area (Å²) >= 11 is 6.38. The lowest BCUT2D eigenvalue weighted by atomic mass is 9.90. The van der Waals surface area contributed by atoms with E-state index in [9.17, 15) is 22.8 Å². The molecule has 4 N–H and O–H groups in total. The molecule has 0 aromatic heterocycles. The molecular weight excluding hydrogens is 511 g/mol. The second kappa shape index (κ2) is 12.0. The van der Waals surface area contributed by atoms with Gasteiger partial charge < -0.3 is 31.0 Å². The normalized spacial score (nSPS) is 16.8. The topological polar surface area (TPSA) is 107 Å². The molecule has 1 heterocycles. The Bertz CT molecular complexity index is 1230. The Morgan fingerprint density at radius 3 is 2.35 bits per heavy atom. The van der Waals surface area contributed by atoms with E-state index in [-0.39, 0.29) is 53.7 Å². The molecule has 198 valence electrons. The lowest BCUT2D eigenvalue weighted by Gasteiger charge is -2.36. The van der Waals surface area contributed by atoms with Gasteiger partial charge in [0, 0.05) is 49.6 Å². The summed E-state index contributed by atoms with van der Waals surface area (Å²) in [6.45, 7) is 1.89.